The van der Waals surface area contributed by atoms with Gasteiger partial charge in [0.1, 0.15) is 0 Å². The summed E-state index contributed by atoms with van der Waals surface area (Å²) >= 11 is 6.19. The summed E-state index contributed by atoms with van der Waals surface area (Å²) in [6.07, 6.45) is 1.93. The molecule has 0 aliphatic carbocycles. The lowest BCUT2D eigenvalue weighted by Crippen LogP contribution is -2.41. The number of aryl methyl sites for hydroxylation is 2. The monoisotopic (exact) mass is 281 g/mol. The number of hydrogen-bond acceptors (Lipinski definition) is 2. The molecule has 1 saturated heterocycles. The number of rotatable bonds is 2. The molecular formula is C15H20ClNO2. The number of aliphatic hydroxyl groups is 1. The summed E-state index contributed by atoms with van der Waals surface area (Å²) < 4.78 is 0. The fourth-order valence-electron chi connectivity index (χ4n) is 2.51. The van der Waals surface area contributed by atoms with Crippen molar-refractivity contribution in [2.24, 2.45) is 5.92 Å². The van der Waals surface area contributed by atoms with Crippen LogP contribution in [0, 0.1) is 19.8 Å². The fourth-order valence-corrected chi connectivity index (χ4v) is 2.81. The predicted molar refractivity (Wildman–Crippen MR) is 76.6 cm³/mol. The molecule has 19 heavy (non-hydrogen) atoms. The van der Waals surface area contributed by atoms with Gasteiger partial charge in [0.15, 0.2) is 0 Å². The van der Waals surface area contributed by atoms with E-state index in [1.807, 2.05) is 26.0 Å². The molecule has 1 heterocycles. The maximum atomic E-state index is 12.5. The molecule has 104 valence electrons. The first kappa shape index (κ1) is 14.4. The number of amides is 1. The van der Waals surface area contributed by atoms with Crippen LogP contribution >= 0.6 is 11.6 Å². The summed E-state index contributed by atoms with van der Waals surface area (Å²) in [5.41, 5.74) is 2.74. The number of nitrogens with zero attached hydrogens (tertiary/aromatic N) is 1. The SMILES string of the molecule is Cc1cc(Cl)c(C(=O)N2CCCC(CO)C2)cc1C. The van der Waals surface area contributed by atoms with Crippen molar-refractivity contribution in [3.8, 4) is 0 Å². The van der Waals surface area contributed by atoms with Crippen molar-refractivity contribution in [1.29, 1.82) is 0 Å². The second kappa shape index (κ2) is 5.93. The first-order valence-corrected chi connectivity index (χ1v) is 7.07. The van der Waals surface area contributed by atoms with Crippen molar-refractivity contribution in [2.75, 3.05) is 19.7 Å². The lowest BCUT2D eigenvalue weighted by Gasteiger charge is -2.32. The smallest absolute Gasteiger partial charge is 0.255 e. The molecule has 0 aromatic heterocycles. The van der Waals surface area contributed by atoms with Gasteiger partial charge in [0.05, 0.1) is 10.6 Å². The Balaban J connectivity index is 2.22. The van der Waals surface area contributed by atoms with Gasteiger partial charge in [-0.05, 0) is 55.9 Å². The molecule has 1 aromatic rings. The molecule has 0 saturated carbocycles. The number of carbonyl (C=O) groups excluding carboxylic acids is 1. The van der Waals surface area contributed by atoms with Gasteiger partial charge in [-0.25, -0.2) is 0 Å². The molecule has 1 fully saturated rings. The Labute approximate surface area is 119 Å². The molecule has 0 radical (unpaired) electrons. The topological polar surface area (TPSA) is 40.5 Å². The van der Waals surface area contributed by atoms with Crippen LogP contribution in [0.2, 0.25) is 5.02 Å². The van der Waals surface area contributed by atoms with E-state index in [-0.39, 0.29) is 18.4 Å². The van der Waals surface area contributed by atoms with Gasteiger partial charge < -0.3 is 10.0 Å². The summed E-state index contributed by atoms with van der Waals surface area (Å²) in [6, 6.07) is 3.71. The minimum Gasteiger partial charge on any atom is -0.396 e. The van der Waals surface area contributed by atoms with E-state index in [1.54, 1.807) is 4.90 Å². The van der Waals surface area contributed by atoms with Crippen molar-refractivity contribution in [2.45, 2.75) is 26.7 Å². The Bertz CT molecular complexity index is 487. The predicted octanol–water partition coefficient (Wildman–Crippen LogP) is 2.80. The van der Waals surface area contributed by atoms with Gasteiger partial charge >= 0.3 is 0 Å². The molecule has 1 aliphatic rings. The quantitative estimate of drug-likeness (QED) is 0.906. The number of likely N-dealkylation sites (tertiary alicyclic amines) is 1. The second-order valence-corrected chi connectivity index (χ2v) is 5.77. The Morgan fingerprint density at radius 1 is 1.42 bits per heavy atom. The van der Waals surface area contributed by atoms with Crippen LogP contribution in [0.15, 0.2) is 12.1 Å². The molecule has 1 atom stereocenters. The highest BCUT2D eigenvalue weighted by Crippen LogP contribution is 2.24. The number of hydrogen-bond donors (Lipinski definition) is 1. The summed E-state index contributed by atoms with van der Waals surface area (Å²) in [7, 11) is 0. The second-order valence-electron chi connectivity index (χ2n) is 5.36. The zero-order chi connectivity index (χ0) is 14.0. The molecule has 1 N–H and O–H groups in total. The van der Waals surface area contributed by atoms with Crippen LogP contribution in [0.1, 0.15) is 34.3 Å². The number of benzene rings is 1. The van der Waals surface area contributed by atoms with Crippen molar-refractivity contribution in [1.82, 2.24) is 4.90 Å². The Hall–Kier alpha value is -1.06. The normalized spacial score (nSPS) is 19.6. The van der Waals surface area contributed by atoms with E-state index < -0.39 is 0 Å². The lowest BCUT2D eigenvalue weighted by atomic mass is 9.97. The molecule has 1 amide bonds. The van der Waals surface area contributed by atoms with E-state index >= 15 is 0 Å². The van der Waals surface area contributed by atoms with Gasteiger partial charge in [-0.1, -0.05) is 11.6 Å². The van der Waals surface area contributed by atoms with Crippen molar-refractivity contribution < 1.29 is 9.90 Å². The third-order valence-corrected chi connectivity index (χ3v) is 4.19. The van der Waals surface area contributed by atoms with Crippen LogP contribution in [0.3, 0.4) is 0 Å². The zero-order valence-corrected chi connectivity index (χ0v) is 12.2. The first-order valence-electron chi connectivity index (χ1n) is 6.69. The van der Waals surface area contributed by atoms with Crippen LogP contribution < -0.4 is 0 Å². The molecule has 1 unspecified atom stereocenters. The van der Waals surface area contributed by atoms with Crippen LogP contribution in [0.4, 0.5) is 0 Å². The van der Waals surface area contributed by atoms with Gasteiger partial charge in [0.2, 0.25) is 0 Å². The highest BCUT2D eigenvalue weighted by atomic mass is 35.5. The number of aliphatic hydroxyl groups excluding tert-OH is 1. The minimum absolute atomic E-state index is 0.0220. The lowest BCUT2D eigenvalue weighted by molar-refractivity contribution is 0.0621. The Morgan fingerprint density at radius 2 is 2.11 bits per heavy atom. The van der Waals surface area contributed by atoms with E-state index in [0.29, 0.717) is 17.1 Å². The molecule has 2 rings (SSSR count). The summed E-state index contributed by atoms with van der Waals surface area (Å²) in [5, 5.41) is 9.75. The van der Waals surface area contributed by atoms with Crippen LogP contribution in [0.5, 0.6) is 0 Å². The molecule has 0 spiro atoms. The minimum atomic E-state index is -0.0220. The molecule has 1 aliphatic heterocycles. The van der Waals surface area contributed by atoms with E-state index in [4.69, 9.17) is 11.6 Å². The standard InChI is InChI=1S/C15H20ClNO2/c1-10-6-13(14(16)7-11(10)2)15(19)17-5-3-4-12(8-17)9-18/h6-7,12,18H,3-5,8-9H2,1-2H3. The Kier molecular flexibility index (Phi) is 4.48. The number of piperidine rings is 1. The largest absolute Gasteiger partial charge is 0.396 e. The van der Waals surface area contributed by atoms with Gasteiger partial charge in [-0.15, -0.1) is 0 Å². The van der Waals surface area contributed by atoms with Crippen molar-refractivity contribution >= 4 is 17.5 Å². The van der Waals surface area contributed by atoms with Gasteiger partial charge in [-0.3, -0.25) is 4.79 Å². The van der Waals surface area contributed by atoms with Crippen LogP contribution in [-0.4, -0.2) is 35.6 Å². The third kappa shape index (κ3) is 3.10. The zero-order valence-electron chi connectivity index (χ0n) is 11.4. The van der Waals surface area contributed by atoms with Gasteiger partial charge in [0, 0.05) is 19.7 Å². The molecular weight excluding hydrogens is 262 g/mol. The third-order valence-electron chi connectivity index (χ3n) is 3.88. The summed E-state index contributed by atoms with van der Waals surface area (Å²) in [5.74, 6) is 0.175. The van der Waals surface area contributed by atoms with Crippen LogP contribution in [0.25, 0.3) is 0 Å². The van der Waals surface area contributed by atoms with Crippen LogP contribution in [-0.2, 0) is 0 Å². The van der Waals surface area contributed by atoms with Gasteiger partial charge in [0.25, 0.3) is 5.91 Å². The summed E-state index contributed by atoms with van der Waals surface area (Å²) in [6.45, 7) is 5.48. The van der Waals surface area contributed by atoms with E-state index in [0.717, 1.165) is 30.5 Å². The number of carbonyl (C=O) groups is 1. The van der Waals surface area contributed by atoms with Crippen molar-refractivity contribution in [3.05, 3.63) is 33.8 Å². The maximum Gasteiger partial charge on any atom is 0.255 e. The van der Waals surface area contributed by atoms with E-state index in [9.17, 15) is 9.90 Å². The molecule has 4 heteroatoms. The average Bonchev–Trinajstić information content (AvgIpc) is 2.42. The highest BCUT2D eigenvalue weighted by molar-refractivity contribution is 6.34. The molecule has 1 aromatic carbocycles. The molecule has 0 bridgehead atoms. The molecule has 3 nitrogen and oxygen atoms in total. The summed E-state index contributed by atoms with van der Waals surface area (Å²) in [4.78, 5) is 14.3. The fraction of sp³-hybridized carbons (Fsp3) is 0.533. The van der Waals surface area contributed by atoms with E-state index in [1.165, 1.54) is 0 Å². The van der Waals surface area contributed by atoms with Gasteiger partial charge in [-0.2, -0.15) is 0 Å². The first-order chi connectivity index (χ1) is 9.02. The van der Waals surface area contributed by atoms with E-state index in [2.05, 4.69) is 0 Å². The maximum absolute atomic E-state index is 12.5. The average molecular weight is 282 g/mol. The highest BCUT2D eigenvalue weighted by Gasteiger charge is 2.25. The Morgan fingerprint density at radius 3 is 2.79 bits per heavy atom. The number of halogens is 1. The van der Waals surface area contributed by atoms with Crippen molar-refractivity contribution in [3.63, 3.8) is 0 Å².